The van der Waals surface area contributed by atoms with E-state index >= 15 is 0 Å². The SMILES string of the molecule is COC1=CC(=O)C=CC1N. The van der Waals surface area contributed by atoms with Crippen LogP contribution in [0.5, 0.6) is 0 Å². The lowest BCUT2D eigenvalue weighted by molar-refractivity contribution is -0.110. The molecule has 0 heterocycles. The summed E-state index contributed by atoms with van der Waals surface area (Å²) >= 11 is 0. The normalized spacial score (nSPS) is 24.4. The summed E-state index contributed by atoms with van der Waals surface area (Å²) in [6.07, 6.45) is 4.44. The first kappa shape index (κ1) is 7.02. The van der Waals surface area contributed by atoms with Gasteiger partial charge in [-0.05, 0) is 6.08 Å². The highest BCUT2D eigenvalue weighted by Gasteiger charge is 2.11. The summed E-state index contributed by atoms with van der Waals surface area (Å²) in [4.78, 5) is 10.7. The van der Waals surface area contributed by atoms with E-state index in [1.807, 2.05) is 0 Å². The molecular formula is C7H9NO2. The average Bonchev–Trinajstić information content (AvgIpc) is 1.94. The van der Waals surface area contributed by atoms with Gasteiger partial charge in [-0.15, -0.1) is 0 Å². The number of carbonyl (C=O) groups is 1. The number of hydrogen-bond donors (Lipinski definition) is 1. The van der Waals surface area contributed by atoms with Crippen LogP contribution in [0.2, 0.25) is 0 Å². The summed E-state index contributed by atoms with van der Waals surface area (Å²) in [5, 5.41) is 0. The van der Waals surface area contributed by atoms with Crippen molar-refractivity contribution < 1.29 is 9.53 Å². The van der Waals surface area contributed by atoms with E-state index in [1.165, 1.54) is 19.3 Å². The third kappa shape index (κ3) is 1.25. The highest BCUT2D eigenvalue weighted by atomic mass is 16.5. The van der Waals surface area contributed by atoms with Crippen LogP contribution in [0.1, 0.15) is 0 Å². The number of allylic oxidation sites excluding steroid dienone is 2. The molecule has 0 aliphatic heterocycles. The van der Waals surface area contributed by atoms with E-state index in [4.69, 9.17) is 10.5 Å². The van der Waals surface area contributed by atoms with Crippen molar-refractivity contribution in [3.8, 4) is 0 Å². The van der Waals surface area contributed by atoms with Gasteiger partial charge in [0, 0.05) is 6.08 Å². The van der Waals surface area contributed by atoms with Gasteiger partial charge in [-0.25, -0.2) is 0 Å². The van der Waals surface area contributed by atoms with Crippen molar-refractivity contribution in [2.75, 3.05) is 7.11 Å². The van der Waals surface area contributed by atoms with E-state index in [0.29, 0.717) is 5.76 Å². The molecule has 1 rings (SSSR count). The predicted molar refractivity (Wildman–Crippen MR) is 37.2 cm³/mol. The van der Waals surface area contributed by atoms with Gasteiger partial charge in [-0.1, -0.05) is 6.08 Å². The molecule has 1 aliphatic rings. The summed E-state index contributed by atoms with van der Waals surface area (Å²) in [5.41, 5.74) is 5.52. The monoisotopic (exact) mass is 139 g/mol. The average molecular weight is 139 g/mol. The summed E-state index contributed by atoms with van der Waals surface area (Å²) < 4.78 is 4.84. The van der Waals surface area contributed by atoms with Crippen LogP contribution in [0, 0.1) is 0 Å². The van der Waals surface area contributed by atoms with Gasteiger partial charge < -0.3 is 10.5 Å². The van der Waals surface area contributed by atoms with Crippen LogP contribution in [-0.4, -0.2) is 18.9 Å². The zero-order valence-corrected chi connectivity index (χ0v) is 5.70. The molecule has 0 fully saturated rings. The molecule has 0 radical (unpaired) electrons. The molecular weight excluding hydrogens is 130 g/mol. The minimum absolute atomic E-state index is 0.0708. The first-order chi connectivity index (χ1) is 4.74. The number of nitrogens with two attached hydrogens (primary N) is 1. The Balaban J connectivity index is 2.78. The molecule has 1 unspecified atom stereocenters. The summed E-state index contributed by atoms with van der Waals surface area (Å²) in [6, 6.07) is -0.261. The molecule has 0 aromatic carbocycles. The fourth-order valence-electron chi connectivity index (χ4n) is 0.773. The second-order valence-electron chi connectivity index (χ2n) is 2.04. The Morgan fingerprint density at radius 2 is 2.40 bits per heavy atom. The Bertz CT molecular complexity index is 206. The highest BCUT2D eigenvalue weighted by Crippen LogP contribution is 2.07. The summed E-state index contributed by atoms with van der Waals surface area (Å²) in [7, 11) is 1.50. The summed E-state index contributed by atoms with van der Waals surface area (Å²) in [5.74, 6) is 0.450. The Labute approximate surface area is 59.2 Å². The molecule has 0 amide bonds. The predicted octanol–water partition coefficient (Wildman–Crippen LogP) is -0.0171. The van der Waals surface area contributed by atoms with Gasteiger partial charge in [0.2, 0.25) is 0 Å². The lowest BCUT2D eigenvalue weighted by atomic mass is 10.1. The standard InChI is InChI=1S/C7H9NO2/c1-10-7-4-5(9)2-3-6(7)8/h2-4,6H,8H2,1H3. The number of methoxy groups -OCH3 is 1. The number of carbonyl (C=O) groups excluding carboxylic acids is 1. The zero-order chi connectivity index (χ0) is 7.56. The van der Waals surface area contributed by atoms with Crippen molar-refractivity contribution in [2.24, 2.45) is 5.73 Å². The van der Waals surface area contributed by atoms with Crippen LogP contribution in [-0.2, 0) is 9.53 Å². The third-order valence-corrected chi connectivity index (χ3v) is 1.32. The van der Waals surface area contributed by atoms with Crippen LogP contribution in [0.4, 0.5) is 0 Å². The molecule has 2 N–H and O–H groups in total. The van der Waals surface area contributed by atoms with Crippen LogP contribution in [0.3, 0.4) is 0 Å². The van der Waals surface area contributed by atoms with E-state index in [-0.39, 0.29) is 11.8 Å². The van der Waals surface area contributed by atoms with Gasteiger partial charge in [0.15, 0.2) is 5.78 Å². The topological polar surface area (TPSA) is 52.3 Å². The zero-order valence-electron chi connectivity index (χ0n) is 5.70. The van der Waals surface area contributed by atoms with Crippen LogP contribution >= 0.6 is 0 Å². The van der Waals surface area contributed by atoms with Crippen molar-refractivity contribution in [1.82, 2.24) is 0 Å². The van der Waals surface area contributed by atoms with E-state index in [0.717, 1.165) is 0 Å². The quantitative estimate of drug-likeness (QED) is 0.555. The smallest absolute Gasteiger partial charge is 0.181 e. The Kier molecular flexibility index (Phi) is 1.87. The molecule has 10 heavy (non-hydrogen) atoms. The van der Waals surface area contributed by atoms with Crippen molar-refractivity contribution in [2.45, 2.75) is 6.04 Å². The van der Waals surface area contributed by atoms with Gasteiger partial charge in [0.25, 0.3) is 0 Å². The van der Waals surface area contributed by atoms with Gasteiger partial charge in [0.1, 0.15) is 5.76 Å². The number of rotatable bonds is 1. The molecule has 0 saturated carbocycles. The molecule has 0 aromatic heterocycles. The summed E-state index contributed by atoms with van der Waals surface area (Å²) in [6.45, 7) is 0. The number of ether oxygens (including phenoxy) is 1. The molecule has 1 aliphatic carbocycles. The van der Waals surface area contributed by atoms with E-state index in [9.17, 15) is 4.79 Å². The largest absolute Gasteiger partial charge is 0.499 e. The van der Waals surface area contributed by atoms with Gasteiger partial charge in [-0.2, -0.15) is 0 Å². The van der Waals surface area contributed by atoms with Gasteiger partial charge in [0.05, 0.1) is 13.2 Å². The molecule has 0 aromatic rings. The second-order valence-corrected chi connectivity index (χ2v) is 2.04. The Morgan fingerprint density at radius 1 is 1.70 bits per heavy atom. The second kappa shape index (κ2) is 2.66. The van der Waals surface area contributed by atoms with E-state index in [1.54, 1.807) is 6.08 Å². The maximum atomic E-state index is 10.7. The Morgan fingerprint density at radius 3 is 2.90 bits per heavy atom. The molecule has 3 nitrogen and oxygen atoms in total. The van der Waals surface area contributed by atoms with Crippen LogP contribution < -0.4 is 5.73 Å². The minimum atomic E-state index is -0.261. The first-order valence-corrected chi connectivity index (χ1v) is 2.97. The molecule has 54 valence electrons. The highest BCUT2D eigenvalue weighted by molar-refractivity contribution is 6.00. The molecule has 3 heteroatoms. The molecule has 0 spiro atoms. The fraction of sp³-hybridized carbons (Fsp3) is 0.286. The molecule has 1 atom stereocenters. The Hall–Kier alpha value is -1.09. The van der Waals surface area contributed by atoms with Gasteiger partial charge >= 0.3 is 0 Å². The van der Waals surface area contributed by atoms with Crippen LogP contribution in [0.25, 0.3) is 0 Å². The lowest BCUT2D eigenvalue weighted by Crippen LogP contribution is -2.24. The number of ketones is 1. The van der Waals surface area contributed by atoms with E-state index < -0.39 is 0 Å². The van der Waals surface area contributed by atoms with Crippen LogP contribution in [0.15, 0.2) is 24.0 Å². The van der Waals surface area contributed by atoms with Crippen molar-refractivity contribution in [3.05, 3.63) is 24.0 Å². The number of hydrogen-bond acceptors (Lipinski definition) is 3. The van der Waals surface area contributed by atoms with Gasteiger partial charge in [-0.3, -0.25) is 4.79 Å². The van der Waals surface area contributed by atoms with Crippen molar-refractivity contribution in [3.63, 3.8) is 0 Å². The molecule has 0 saturated heterocycles. The third-order valence-electron chi connectivity index (χ3n) is 1.32. The maximum absolute atomic E-state index is 10.7. The maximum Gasteiger partial charge on any atom is 0.181 e. The van der Waals surface area contributed by atoms with Crippen molar-refractivity contribution >= 4 is 5.78 Å². The van der Waals surface area contributed by atoms with E-state index in [2.05, 4.69) is 0 Å². The molecule has 0 bridgehead atoms. The fourth-order valence-corrected chi connectivity index (χ4v) is 0.773. The van der Waals surface area contributed by atoms with Crippen molar-refractivity contribution in [1.29, 1.82) is 0 Å². The lowest BCUT2D eigenvalue weighted by Gasteiger charge is -2.12. The first-order valence-electron chi connectivity index (χ1n) is 2.97. The minimum Gasteiger partial charge on any atom is -0.499 e.